The van der Waals surface area contributed by atoms with Crippen molar-refractivity contribution < 1.29 is 19.0 Å². The number of carbonyl (C=O) groups is 1. The number of amides is 1. The zero-order chi connectivity index (χ0) is 16.2. The maximum atomic E-state index is 12.4. The van der Waals surface area contributed by atoms with Gasteiger partial charge in [-0.3, -0.25) is 4.79 Å². The SMILES string of the molecule is CC(C)Oc1cccc(NC(=O)C2COc3ccccc3O2)c1. The summed E-state index contributed by atoms with van der Waals surface area (Å²) in [7, 11) is 0. The third kappa shape index (κ3) is 3.74. The quantitative estimate of drug-likeness (QED) is 0.941. The summed E-state index contributed by atoms with van der Waals surface area (Å²) in [5, 5.41) is 2.83. The average Bonchev–Trinajstić information content (AvgIpc) is 2.54. The van der Waals surface area contributed by atoms with Gasteiger partial charge in [-0.25, -0.2) is 0 Å². The molecule has 0 aliphatic carbocycles. The van der Waals surface area contributed by atoms with Gasteiger partial charge < -0.3 is 19.5 Å². The Labute approximate surface area is 135 Å². The summed E-state index contributed by atoms with van der Waals surface area (Å²) in [6, 6.07) is 14.6. The van der Waals surface area contributed by atoms with Crippen molar-refractivity contribution in [3.63, 3.8) is 0 Å². The number of nitrogens with one attached hydrogen (secondary N) is 1. The molecule has 0 aromatic heterocycles. The van der Waals surface area contributed by atoms with Gasteiger partial charge in [-0.15, -0.1) is 0 Å². The fraction of sp³-hybridized carbons (Fsp3) is 0.278. The van der Waals surface area contributed by atoms with Crippen LogP contribution in [0.4, 0.5) is 5.69 Å². The highest BCUT2D eigenvalue weighted by Crippen LogP contribution is 2.31. The number of ether oxygens (including phenoxy) is 3. The zero-order valence-corrected chi connectivity index (χ0v) is 13.1. The molecule has 0 fully saturated rings. The van der Waals surface area contributed by atoms with Crippen LogP contribution in [0.3, 0.4) is 0 Å². The van der Waals surface area contributed by atoms with Gasteiger partial charge in [0.25, 0.3) is 5.91 Å². The second-order valence-corrected chi connectivity index (χ2v) is 5.55. The normalized spacial score (nSPS) is 16.0. The predicted octanol–water partition coefficient (Wildman–Crippen LogP) is 3.25. The molecule has 2 aromatic carbocycles. The Kier molecular flexibility index (Phi) is 4.37. The van der Waals surface area contributed by atoms with Crippen molar-refractivity contribution in [1.82, 2.24) is 0 Å². The van der Waals surface area contributed by atoms with Gasteiger partial charge in [-0.1, -0.05) is 18.2 Å². The minimum Gasteiger partial charge on any atom is -0.491 e. The van der Waals surface area contributed by atoms with E-state index in [1.165, 1.54) is 0 Å². The van der Waals surface area contributed by atoms with Gasteiger partial charge in [0, 0.05) is 11.8 Å². The first-order valence-electron chi connectivity index (χ1n) is 7.58. The van der Waals surface area contributed by atoms with Crippen LogP contribution in [0.25, 0.3) is 0 Å². The first-order chi connectivity index (χ1) is 11.1. The maximum absolute atomic E-state index is 12.4. The van der Waals surface area contributed by atoms with Crippen LogP contribution < -0.4 is 19.5 Å². The van der Waals surface area contributed by atoms with E-state index in [1.807, 2.05) is 50.2 Å². The Morgan fingerprint density at radius 2 is 1.96 bits per heavy atom. The lowest BCUT2D eigenvalue weighted by molar-refractivity contribution is -0.125. The number of hydrogen-bond donors (Lipinski definition) is 1. The molecule has 2 aromatic rings. The van der Waals surface area contributed by atoms with Crippen LogP contribution in [-0.2, 0) is 4.79 Å². The summed E-state index contributed by atoms with van der Waals surface area (Å²) in [6.45, 7) is 4.09. The van der Waals surface area contributed by atoms with Crippen molar-refractivity contribution in [3.8, 4) is 17.2 Å². The summed E-state index contributed by atoms with van der Waals surface area (Å²) >= 11 is 0. The van der Waals surface area contributed by atoms with Gasteiger partial charge in [0.05, 0.1) is 6.10 Å². The Balaban J connectivity index is 1.66. The van der Waals surface area contributed by atoms with E-state index in [0.717, 1.165) is 0 Å². The van der Waals surface area contributed by atoms with E-state index in [1.54, 1.807) is 12.1 Å². The molecule has 0 radical (unpaired) electrons. The fourth-order valence-electron chi connectivity index (χ4n) is 2.29. The van der Waals surface area contributed by atoms with E-state index in [4.69, 9.17) is 14.2 Å². The summed E-state index contributed by atoms with van der Waals surface area (Å²) in [4.78, 5) is 12.4. The van der Waals surface area contributed by atoms with Gasteiger partial charge >= 0.3 is 0 Å². The highest BCUT2D eigenvalue weighted by atomic mass is 16.6. The van der Waals surface area contributed by atoms with Crippen molar-refractivity contribution in [3.05, 3.63) is 48.5 Å². The number of rotatable bonds is 4. The molecule has 0 bridgehead atoms. The highest BCUT2D eigenvalue weighted by molar-refractivity contribution is 5.94. The van der Waals surface area contributed by atoms with Crippen LogP contribution in [0.2, 0.25) is 0 Å². The van der Waals surface area contributed by atoms with Crippen LogP contribution in [0.15, 0.2) is 48.5 Å². The summed E-state index contributed by atoms with van der Waals surface area (Å²) in [5.41, 5.74) is 0.663. The second kappa shape index (κ2) is 6.60. The van der Waals surface area contributed by atoms with Crippen molar-refractivity contribution in [2.45, 2.75) is 26.1 Å². The number of anilines is 1. The molecule has 120 valence electrons. The van der Waals surface area contributed by atoms with Crippen molar-refractivity contribution in [2.24, 2.45) is 0 Å². The van der Waals surface area contributed by atoms with Crippen LogP contribution in [0, 0.1) is 0 Å². The molecule has 0 saturated heterocycles. The molecule has 5 heteroatoms. The Morgan fingerprint density at radius 1 is 1.17 bits per heavy atom. The van der Waals surface area contributed by atoms with Crippen molar-refractivity contribution >= 4 is 11.6 Å². The molecule has 0 saturated carbocycles. The van der Waals surface area contributed by atoms with Crippen LogP contribution in [0.1, 0.15) is 13.8 Å². The van der Waals surface area contributed by atoms with E-state index >= 15 is 0 Å². The number of fused-ring (bicyclic) bond motifs is 1. The molecule has 1 aliphatic rings. The molecule has 0 spiro atoms. The lowest BCUT2D eigenvalue weighted by Gasteiger charge is -2.25. The minimum atomic E-state index is -0.681. The molecule has 3 rings (SSSR count). The van der Waals surface area contributed by atoms with Crippen molar-refractivity contribution in [1.29, 1.82) is 0 Å². The second-order valence-electron chi connectivity index (χ2n) is 5.55. The van der Waals surface area contributed by atoms with E-state index in [2.05, 4.69) is 5.32 Å². The van der Waals surface area contributed by atoms with Crippen LogP contribution in [0.5, 0.6) is 17.2 Å². The number of hydrogen-bond acceptors (Lipinski definition) is 4. The molecule has 5 nitrogen and oxygen atoms in total. The standard InChI is InChI=1S/C18H19NO4/c1-12(2)22-14-7-5-6-13(10-14)19-18(20)17-11-21-15-8-3-4-9-16(15)23-17/h3-10,12,17H,11H2,1-2H3,(H,19,20). The highest BCUT2D eigenvalue weighted by Gasteiger charge is 2.27. The molecular formula is C18H19NO4. The lowest BCUT2D eigenvalue weighted by atomic mass is 10.2. The summed E-state index contributed by atoms with van der Waals surface area (Å²) < 4.78 is 16.9. The molecular weight excluding hydrogens is 294 g/mol. The third-order valence-corrected chi connectivity index (χ3v) is 3.27. The third-order valence-electron chi connectivity index (χ3n) is 3.27. The number of carbonyl (C=O) groups excluding carboxylic acids is 1. The first-order valence-corrected chi connectivity index (χ1v) is 7.58. The Bertz CT molecular complexity index is 699. The minimum absolute atomic E-state index is 0.0764. The molecule has 1 N–H and O–H groups in total. The van der Waals surface area contributed by atoms with E-state index < -0.39 is 6.10 Å². The topological polar surface area (TPSA) is 56.8 Å². The largest absolute Gasteiger partial charge is 0.491 e. The molecule has 1 unspecified atom stereocenters. The molecule has 1 amide bonds. The van der Waals surface area contributed by atoms with Crippen molar-refractivity contribution in [2.75, 3.05) is 11.9 Å². The fourth-order valence-corrected chi connectivity index (χ4v) is 2.29. The summed E-state index contributed by atoms with van der Waals surface area (Å²) in [6.07, 6.45) is -0.605. The summed E-state index contributed by atoms with van der Waals surface area (Å²) in [5.74, 6) is 1.70. The van der Waals surface area contributed by atoms with Gasteiger partial charge in [0.15, 0.2) is 11.5 Å². The monoisotopic (exact) mass is 313 g/mol. The number of benzene rings is 2. The van der Waals surface area contributed by atoms with Gasteiger partial charge in [-0.2, -0.15) is 0 Å². The van der Waals surface area contributed by atoms with Gasteiger partial charge in [-0.05, 0) is 38.1 Å². The smallest absolute Gasteiger partial charge is 0.269 e. The zero-order valence-electron chi connectivity index (χ0n) is 13.1. The maximum Gasteiger partial charge on any atom is 0.269 e. The predicted molar refractivity (Wildman–Crippen MR) is 87.2 cm³/mol. The Morgan fingerprint density at radius 3 is 2.74 bits per heavy atom. The molecule has 1 atom stereocenters. The molecule has 23 heavy (non-hydrogen) atoms. The average molecular weight is 313 g/mol. The first kappa shape index (κ1) is 15.2. The van der Waals surface area contributed by atoms with E-state index in [-0.39, 0.29) is 18.6 Å². The van der Waals surface area contributed by atoms with Crippen LogP contribution >= 0.6 is 0 Å². The molecule has 1 heterocycles. The molecule has 1 aliphatic heterocycles. The van der Waals surface area contributed by atoms with Gasteiger partial charge in [0.1, 0.15) is 12.4 Å². The lowest BCUT2D eigenvalue weighted by Crippen LogP contribution is -2.40. The van der Waals surface area contributed by atoms with E-state index in [0.29, 0.717) is 22.9 Å². The van der Waals surface area contributed by atoms with Gasteiger partial charge in [0.2, 0.25) is 6.10 Å². The van der Waals surface area contributed by atoms with E-state index in [9.17, 15) is 4.79 Å². The van der Waals surface area contributed by atoms with Crippen LogP contribution in [-0.4, -0.2) is 24.7 Å². The number of para-hydroxylation sites is 2. The Hall–Kier alpha value is -2.69.